The summed E-state index contributed by atoms with van der Waals surface area (Å²) >= 11 is 0. The van der Waals surface area contributed by atoms with Crippen molar-refractivity contribution in [3.05, 3.63) is 24.3 Å². The maximum absolute atomic E-state index is 11.7. The van der Waals surface area contributed by atoms with E-state index in [1.807, 2.05) is 0 Å². The highest BCUT2D eigenvalue weighted by molar-refractivity contribution is 5.95. The normalized spacial score (nSPS) is 14.5. The van der Waals surface area contributed by atoms with Gasteiger partial charge in [-0.05, 0) is 25.0 Å². The van der Waals surface area contributed by atoms with Crippen molar-refractivity contribution in [1.82, 2.24) is 10.6 Å². The molecule has 6 nitrogen and oxygen atoms in total. The Morgan fingerprint density at radius 1 is 1.19 bits per heavy atom. The number of para-hydroxylation sites is 2. The van der Waals surface area contributed by atoms with Crippen molar-refractivity contribution in [2.24, 2.45) is 0 Å². The first-order valence-corrected chi connectivity index (χ1v) is 7.05. The fourth-order valence-electron chi connectivity index (χ4n) is 2.34. The smallest absolute Gasteiger partial charge is 0.321 e. The van der Waals surface area contributed by atoms with Crippen molar-refractivity contribution in [2.45, 2.75) is 31.7 Å². The molecule has 0 unspecified atom stereocenters. The lowest BCUT2D eigenvalue weighted by atomic mass is 10.2. The second-order valence-electron chi connectivity index (χ2n) is 4.94. The van der Waals surface area contributed by atoms with E-state index in [1.54, 1.807) is 24.3 Å². The van der Waals surface area contributed by atoms with Crippen molar-refractivity contribution in [3.8, 4) is 11.5 Å². The number of imide groups is 1. The monoisotopic (exact) mass is 292 g/mol. The summed E-state index contributed by atoms with van der Waals surface area (Å²) in [5.74, 6) is 0.517. The number of carbonyl (C=O) groups is 2. The van der Waals surface area contributed by atoms with Gasteiger partial charge in [-0.25, -0.2) is 4.79 Å². The summed E-state index contributed by atoms with van der Waals surface area (Å²) in [7, 11) is 1.53. The molecule has 0 radical (unpaired) electrons. The predicted octanol–water partition coefficient (Wildman–Crippen LogP) is 1.84. The van der Waals surface area contributed by atoms with E-state index in [0.29, 0.717) is 11.5 Å². The van der Waals surface area contributed by atoms with Crippen molar-refractivity contribution >= 4 is 11.9 Å². The average molecular weight is 292 g/mol. The van der Waals surface area contributed by atoms with Crippen molar-refractivity contribution in [3.63, 3.8) is 0 Å². The second-order valence-corrected chi connectivity index (χ2v) is 4.94. The molecule has 1 fully saturated rings. The molecule has 0 atom stereocenters. The van der Waals surface area contributed by atoms with Gasteiger partial charge < -0.3 is 14.8 Å². The van der Waals surface area contributed by atoms with E-state index in [1.165, 1.54) is 7.11 Å². The molecule has 1 aromatic carbocycles. The topological polar surface area (TPSA) is 76.7 Å². The van der Waals surface area contributed by atoms with E-state index in [0.717, 1.165) is 25.7 Å². The molecular weight excluding hydrogens is 272 g/mol. The lowest BCUT2D eigenvalue weighted by Crippen LogP contribution is -2.45. The minimum Gasteiger partial charge on any atom is -0.493 e. The van der Waals surface area contributed by atoms with E-state index in [2.05, 4.69) is 10.6 Å². The number of urea groups is 1. The van der Waals surface area contributed by atoms with Crippen LogP contribution >= 0.6 is 0 Å². The summed E-state index contributed by atoms with van der Waals surface area (Å²) in [6.07, 6.45) is 4.18. The molecule has 2 N–H and O–H groups in total. The molecule has 21 heavy (non-hydrogen) atoms. The minimum absolute atomic E-state index is 0.174. The summed E-state index contributed by atoms with van der Waals surface area (Å²) in [5.41, 5.74) is 0. The molecule has 0 spiro atoms. The molecule has 114 valence electrons. The minimum atomic E-state index is -0.489. The van der Waals surface area contributed by atoms with E-state index in [9.17, 15) is 9.59 Å². The molecule has 1 aliphatic carbocycles. The highest BCUT2D eigenvalue weighted by Crippen LogP contribution is 2.25. The van der Waals surface area contributed by atoms with Crippen molar-refractivity contribution in [2.75, 3.05) is 13.7 Å². The largest absolute Gasteiger partial charge is 0.493 e. The van der Waals surface area contributed by atoms with Gasteiger partial charge in [0, 0.05) is 6.04 Å². The highest BCUT2D eigenvalue weighted by Gasteiger charge is 2.18. The molecule has 1 aliphatic rings. The van der Waals surface area contributed by atoms with Crippen LogP contribution in [0.1, 0.15) is 25.7 Å². The van der Waals surface area contributed by atoms with Crippen LogP contribution in [0.2, 0.25) is 0 Å². The SMILES string of the molecule is COc1ccccc1OCC(=O)NC(=O)NC1CCCC1. The number of hydrogen-bond donors (Lipinski definition) is 2. The number of methoxy groups -OCH3 is 1. The molecular formula is C15H20N2O4. The Bertz CT molecular complexity index is 498. The number of ether oxygens (including phenoxy) is 2. The Morgan fingerprint density at radius 3 is 2.52 bits per heavy atom. The van der Waals surface area contributed by atoms with E-state index in [4.69, 9.17) is 9.47 Å². The summed E-state index contributed by atoms with van der Waals surface area (Å²) in [4.78, 5) is 23.3. The Morgan fingerprint density at radius 2 is 1.86 bits per heavy atom. The van der Waals surface area contributed by atoms with Crippen LogP contribution in [0.4, 0.5) is 4.79 Å². The van der Waals surface area contributed by atoms with Crippen molar-refractivity contribution in [1.29, 1.82) is 0 Å². The van der Waals surface area contributed by atoms with Crippen LogP contribution in [-0.2, 0) is 4.79 Å². The second kappa shape index (κ2) is 7.52. The first kappa shape index (κ1) is 15.2. The van der Waals surface area contributed by atoms with Gasteiger partial charge in [-0.2, -0.15) is 0 Å². The number of nitrogens with one attached hydrogen (secondary N) is 2. The maximum Gasteiger partial charge on any atom is 0.321 e. The third-order valence-corrected chi connectivity index (χ3v) is 3.37. The number of benzene rings is 1. The third kappa shape index (κ3) is 4.66. The molecule has 0 saturated heterocycles. The third-order valence-electron chi connectivity index (χ3n) is 3.37. The molecule has 2 rings (SSSR count). The van der Waals surface area contributed by atoms with Crippen LogP contribution in [0, 0.1) is 0 Å². The molecule has 6 heteroatoms. The molecule has 0 heterocycles. The first-order valence-electron chi connectivity index (χ1n) is 7.05. The molecule has 0 bridgehead atoms. The van der Waals surface area contributed by atoms with Gasteiger partial charge in [-0.3, -0.25) is 10.1 Å². The predicted molar refractivity (Wildman–Crippen MR) is 77.4 cm³/mol. The van der Waals surface area contributed by atoms with Crippen LogP contribution in [0.25, 0.3) is 0 Å². The molecule has 1 aromatic rings. The summed E-state index contributed by atoms with van der Waals surface area (Å²) < 4.78 is 10.5. The van der Waals surface area contributed by atoms with Crippen LogP contribution in [0.3, 0.4) is 0 Å². The zero-order valence-corrected chi connectivity index (χ0v) is 12.1. The van der Waals surface area contributed by atoms with Gasteiger partial charge in [-0.1, -0.05) is 25.0 Å². The number of rotatable bonds is 5. The van der Waals surface area contributed by atoms with Crippen LogP contribution < -0.4 is 20.1 Å². The van der Waals surface area contributed by atoms with Crippen LogP contribution in [-0.4, -0.2) is 31.7 Å². The highest BCUT2D eigenvalue weighted by atomic mass is 16.5. The van der Waals surface area contributed by atoms with Crippen LogP contribution in [0.15, 0.2) is 24.3 Å². The molecule has 0 aliphatic heterocycles. The average Bonchev–Trinajstić information content (AvgIpc) is 2.98. The van der Waals surface area contributed by atoms with Crippen molar-refractivity contribution < 1.29 is 19.1 Å². The van der Waals surface area contributed by atoms with Gasteiger partial charge in [0.1, 0.15) is 0 Å². The number of hydrogen-bond acceptors (Lipinski definition) is 4. The first-order chi connectivity index (χ1) is 10.2. The lowest BCUT2D eigenvalue weighted by molar-refractivity contribution is -0.122. The Labute approximate surface area is 123 Å². The van der Waals surface area contributed by atoms with E-state index >= 15 is 0 Å². The van der Waals surface area contributed by atoms with Gasteiger partial charge >= 0.3 is 6.03 Å². The zero-order chi connectivity index (χ0) is 15.1. The maximum atomic E-state index is 11.7. The summed E-state index contributed by atoms with van der Waals surface area (Å²) in [5, 5.41) is 5.04. The fourth-order valence-corrected chi connectivity index (χ4v) is 2.34. The van der Waals surface area contributed by atoms with E-state index in [-0.39, 0.29) is 12.6 Å². The summed E-state index contributed by atoms with van der Waals surface area (Å²) in [6.45, 7) is -0.238. The Kier molecular flexibility index (Phi) is 5.43. The van der Waals surface area contributed by atoms with Gasteiger partial charge in [-0.15, -0.1) is 0 Å². The Balaban J connectivity index is 1.75. The standard InChI is InChI=1S/C15H20N2O4/c1-20-12-8-4-5-9-13(12)21-10-14(18)17-15(19)16-11-6-2-3-7-11/h4-5,8-9,11H,2-3,6-7,10H2,1H3,(H2,16,17,18,19). The number of carbonyl (C=O) groups excluding carboxylic acids is 2. The molecule has 3 amide bonds. The summed E-state index contributed by atoms with van der Waals surface area (Å²) in [6, 6.07) is 6.73. The van der Waals surface area contributed by atoms with Crippen LogP contribution in [0.5, 0.6) is 11.5 Å². The number of amides is 3. The van der Waals surface area contributed by atoms with Gasteiger partial charge in [0.05, 0.1) is 7.11 Å². The lowest BCUT2D eigenvalue weighted by Gasteiger charge is -2.13. The fraction of sp³-hybridized carbons (Fsp3) is 0.467. The van der Waals surface area contributed by atoms with Gasteiger partial charge in [0.25, 0.3) is 5.91 Å². The Hall–Kier alpha value is -2.24. The van der Waals surface area contributed by atoms with E-state index < -0.39 is 11.9 Å². The zero-order valence-electron chi connectivity index (χ0n) is 12.1. The van der Waals surface area contributed by atoms with Gasteiger partial charge in [0.2, 0.25) is 0 Å². The molecule has 0 aromatic heterocycles. The van der Waals surface area contributed by atoms with Gasteiger partial charge in [0.15, 0.2) is 18.1 Å². The molecule has 1 saturated carbocycles. The quantitative estimate of drug-likeness (QED) is 0.868.